The Kier molecular flexibility index (Phi) is 3.24. The SMILES string of the molecule is CN(CC(=O)NC1CC1)c1ccc(C=O)s1. The lowest BCUT2D eigenvalue weighted by Crippen LogP contribution is -2.35. The van der Waals surface area contributed by atoms with Crippen LogP contribution in [0.5, 0.6) is 0 Å². The number of rotatable bonds is 5. The molecular formula is C11H14N2O2S. The summed E-state index contributed by atoms with van der Waals surface area (Å²) in [5.41, 5.74) is 0. The van der Waals surface area contributed by atoms with Gasteiger partial charge in [-0.15, -0.1) is 11.3 Å². The first-order chi connectivity index (χ1) is 7.69. The highest BCUT2D eigenvalue weighted by Crippen LogP contribution is 2.24. The van der Waals surface area contributed by atoms with Gasteiger partial charge in [0.15, 0.2) is 6.29 Å². The zero-order valence-corrected chi connectivity index (χ0v) is 9.92. The molecule has 0 radical (unpaired) electrons. The monoisotopic (exact) mass is 238 g/mol. The molecule has 1 heterocycles. The lowest BCUT2D eigenvalue weighted by Gasteiger charge is -2.16. The number of aldehydes is 1. The van der Waals surface area contributed by atoms with Crippen LogP contribution in [-0.4, -0.2) is 31.8 Å². The number of hydrogen-bond acceptors (Lipinski definition) is 4. The number of likely N-dealkylation sites (N-methyl/N-ethyl adjacent to an activating group) is 1. The molecular weight excluding hydrogens is 224 g/mol. The number of carbonyl (C=O) groups excluding carboxylic acids is 2. The van der Waals surface area contributed by atoms with Crippen molar-refractivity contribution in [2.24, 2.45) is 0 Å². The molecule has 1 amide bonds. The first-order valence-corrected chi connectivity index (χ1v) is 6.06. The largest absolute Gasteiger partial charge is 0.357 e. The molecule has 0 spiro atoms. The Labute approximate surface area is 98.3 Å². The molecule has 0 saturated heterocycles. The third-order valence-electron chi connectivity index (χ3n) is 2.43. The smallest absolute Gasteiger partial charge is 0.239 e. The third-order valence-corrected chi connectivity index (χ3v) is 3.55. The van der Waals surface area contributed by atoms with Crippen molar-refractivity contribution in [2.45, 2.75) is 18.9 Å². The molecule has 2 rings (SSSR count). The van der Waals surface area contributed by atoms with Crippen molar-refractivity contribution >= 4 is 28.5 Å². The van der Waals surface area contributed by atoms with Crippen molar-refractivity contribution in [3.8, 4) is 0 Å². The fraction of sp³-hybridized carbons (Fsp3) is 0.455. The quantitative estimate of drug-likeness (QED) is 0.786. The van der Waals surface area contributed by atoms with Gasteiger partial charge in [-0.05, 0) is 25.0 Å². The Balaban J connectivity index is 1.88. The zero-order chi connectivity index (χ0) is 11.5. The number of carbonyl (C=O) groups is 2. The van der Waals surface area contributed by atoms with E-state index in [0.717, 1.165) is 24.1 Å². The summed E-state index contributed by atoms with van der Waals surface area (Å²) in [4.78, 5) is 24.6. The average Bonchev–Trinajstić information content (AvgIpc) is 2.93. The van der Waals surface area contributed by atoms with E-state index in [1.54, 1.807) is 6.07 Å². The van der Waals surface area contributed by atoms with Gasteiger partial charge >= 0.3 is 0 Å². The van der Waals surface area contributed by atoms with E-state index in [1.807, 2.05) is 18.0 Å². The highest BCUT2D eigenvalue weighted by atomic mass is 32.1. The standard InChI is InChI=1S/C11H14N2O2S/c1-13(6-10(15)12-8-2-3-8)11-5-4-9(7-14)16-11/h4-5,7-8H,2-3,6H2,1H3,(H,12,15). The summed E-state index contributed by atoms with van der Waals surface area (Å²) in [6.07, 6.45) is 3.03. The van der Waals surface area contributed by atoms with Crippen LogP contribution in [0.25, 0.3) is 0 Å². The number of nitrogens with one attached hydrogen (secondary N) is 1. The average molecular weight is 238 g/mol. The fourth-order valence-corrected chi connectivity index (χ4v) is 2.19. The first-order valence-electron chi connectivity index (χ1n) is 5.24. The molecule has 0 unspecified atom stereocenters. The first kappa shape index (κ1) is 11.1. The van der Waals surface area contributed by atoms with E-state index in [2.05, 4.69) is 5.32 Å². The molecule has 1 aromatic heterocycles. The van der Waals surface area contributed by atoms with Gasteiger partial charge in [0.2, 0.25) is 5.91 Å². The maximum absolute atomic E-state index is 11.5. The molecule has 1 N–H and O–H groups in total. The lowest BCUT2D eigenvalue weighted by molar-refractivity contribution is -0.119. The summed E-state index contributed by atoms with van der Waals surface area (Å²) in [7, 11) is 1.85. The highest BCUT2D eigenvalue weighted by molar-refractivity contribution is 7.17. The van der Waals surface area contributed by atoms with E-state index in [0.29, 0.717) is 17.5 Å². The second-order valence-corrected chi connectivity index (χ2v) is 5.09. The van der Waals surface area contributed by atoms with Crippen LogP contribution in [0.2, 0.25) is 0 Å². The third kappa shape index (κ3) is 2.82. The molecule has 1 aliphatic carbocycles. The predicted octanol–water partition coefficient (Wildman–Crippen LogP) is 1.28. The van der Waals surface area contributed by atoms with Gasteiger partial charge < -0.3 is 10.2 Å². The predicted molar refractivity (Wildman–Crippen MR) is 64.1 cm³/mol. The second-order valence-electron chi connectivity index (χ2n) is 3.99. The lowest BCUT2D eigenvalue weighted by atomic mass is 10.4. The maximum Gasteiger partial charge on any atom is 0.239 e. The van der Waals surface area contributed by atoms with Crippen LogP contribution in [-0.2, 0) is 4.79 Å². The summed E-state index contributed by atoms with van der Waals surface area (Å²) in [5.74, 6) is 0.0473. The minimum absolute atomic E-state index is 0.0473. The van der Waals surface area contributed by atoms with Crippen LogP contribution in [0.15, 0.2) is 12.1 Å². The normalized spacial score (nSPS) is 14.6. The Morgan fingerprint density at radius 2 is 2.38 bits per heavy atom. The molecule has 86 valence electrons. The Bertz CT molecular complexity index is 398. The molecule has 5 heteroatoms. The molecule has 16 heavy (non-hydrogen) atoms. The number of hydrogen-bond donors (Lipinski definition) is 1. The Morgan fingerprint density at radius 1 is 1.62 bits per heavy atom. The molecule has 1 fully saturated rings. The van der Waals surface area contributed by atoms with Crippen LogP contribution in [0.4, 0.5) is 5.00 Å². The molecule has 0 aromatic carbocycles. The van der Waals surface area contributed by atoms with Crippen molar-refractivity contribution in [3.63, 3.8) is 0 Å². The van der Waals surface area contributed by atoms with E-state index in [-0.39, 0.29) is 5.91 Å². The van der Waals surface area contributed by atoms with Gasteiger partial charge in [-0.25, -0.2) is 0 Å². The molecule has 1 saturated carbocycles. The summed E-state index contributed by atoms with van der Waals surface area (Å²) in [6.45, 7) is 0.343. The van der Waals surface area contributed by atoms with Crippen molar-refractivity contribution in [3.05, 3.63) is 17.0 Å². The second kappa shape index (κ2) is 4.65. The van der Waals surface area contributed by atoms with Gasteiger partial charge in [-0.3, -0.25) is 9.59 Å². The van der Waals surface area contributed by atoms with Gasteiger partial charge in [-0.2, -0.15) is 0 Å². The van der Waals surface area contributed by atoms with Crippen LogP contribution < -0.4 is 10.2 Å². The van der Waals surface area contributed by atoms with Crippen LogP contribution in [0.3, 0.4) is 0 Å². The highest BCUT2D eigenvalue weighted by Gasteiger charge is 2.23. The van der Waals surface area contributed by atoms with E-state index in [1.165, 1.54) is 11.3 Å². The van der Waals surface area contributed by atoms with Crippen molar-refractivity contribution in [1.82, 2.24) is 5.32 Å². The summed E-state index contributed by atoms with van der Waals surface area (Å²) in [5, 5.41) is 3.87. The summed E-state index contributed by atoms with van der Waals surface area (Å²) < 4.78 is 0. The van der Waals surface area contributed by atoms with Crippen LogP contribution in [0.1, 0.15) is 22.5 Å². The molecule has 0 bridgehead atoms. The molecule has 0 atom stereocenters. The van der Waals surface area contributed by atoms with Crippen molar-refractivity contribution < 1.29 is 9.59 Å². The van der Waals surface area contributed by atoms with Crippen molar-refractivity contribution in [1.29, 1.82) is 0 Å². The Hall–Kier alpha value is -1.36. The summed E-state index contributed by atoms with van der Waals surface area (Å²) >= 11 is 1.40. The van der Waals surface area contributed by atoms with Gasteiger partial charge in [0, 0.05) is 13.1 Å². The van der Waals surface area contributed by atoms with Gasteiger partial charge in [0.1, 0.15) is 0 Å². The molecule has 1 aromatic rings. The molecule has 0 aliphatic heterocycles. The maximum atomic E-state index is 11.5. The molecule has 1 aliphatic rings. The number of thiophene rings is 1. The van der Waals surface area contributed by atoms with Crippen molar-refractivity contribution in [2.75, 3.05) is 18.5 Å². The zero-order valence-electron chi connectivity index (χ0n) is 9.10. The van der Waals surface area contributed by atoms with Gasteiger partial charge in [0.25, 0.3) is 0 Å². The summed E-state index contributed by atoms with van der Waals surface area (Å²) in [6, 6.07) is 4.02. The number of amides is 1. The minimum atomic E-state index is 0.0473. The van der Waals surface area contributed by atoms with Gasteiger partial charge in [0.05, 0.1) is 16.4 Å². The topological polar surface area (TPSA) is 49.4 Å². The van der Waals surface area contributed by atoms with Gasteiger partial charge in [-0.1, -0.05) is 0 Å². The van der Waals surface area contributed by atoms with Crippen LogP contribution >= 0.6 is 11.3 Å². The Morgan fingerprint density at radius 3 is 2.94 bits per heavy atom. The number of anilines is 1. The van der Waals surface area contributed by atoms with E-state index in [9.17, 15) is 9.59 Å². The van der Waals surface area contributed by atoms with E-state index >= 15 is 0 Å². The minimum Gasteiger partial charge on any atom is -0.357 e. The van der Waals surface area contributed by atoms with E-state index in [4.69, 9.17) is 0 Å². The fourth-order valence-electron chi connectivity index (χ4n) is 1.41. The molecule has 4 nitrogen and oxygen atoms in total. The van der Waals surface area contributed by atoms with Crippen LogP contribution in [0, 0.1) is 0 Å². The number of nitrogens with zero attached hydrogens (tertiary/aromatic N) is 1. The van der Waals surface area contributed by atoms with E-state index < -0.39 is 0 Å².